The van der Waals surface area contributed by atoms with Crippen LogP contribution in [0.3, 0.4) is 0 Å². The summed E-state index contributed by atoms with van der Waals surface area (Å²) >= 11 is 1.95. The third-order valence-electron chi connectivity index (χ3n) is 3.71. The lowest BCUT2D eigenvalue weighted by molar-refractivity contribution is 0.625. The molecule has 116 valence electrons. The van der Waals surface area contributed by atoms with Crippen LogP contribution < -0.4 is 10.6 Å². The molecule has 0 saturated carbocycles. The van der Waals surface area contributed by atoms with Gasteiger partial charge in [-0.3, -0.25) is 0 Å². The first-order valence-electron chi connectivity index (χ1n) is 7.86. The monoisotopic (exact) mass is 314 g/mol. The summed E-state index contributed by atoms with van der Waals surface area (Å²) in [5, 5.41) is 6.92. The summed E-state index contributed by atoms with van der Waals surface area (Å²) in [5.41, 5.74) is 3.48. The van der Waals surface area contributed by atoms with Crippen LogP contribution in [0.1, 0.15) is 18.2 Å². The maximum absolute atomic E-state index is 4.79. The second-order valence-corrected chi connectivity index (χ2v) is 6.63. The molecule has 1 aromatic carbocycles. The Morgan fingerprint density at radius 1 is 1.23 bits per heavy atom. The normalized spacial score (nSPS) is 13.7. The fraction of sp³-hybridized carbons (Fsp3) is 0.412. The van der Waals surface area contributed by atoms with Gasteiger partial charge in [-0.25, -0.2) is 9.97 Å². The van der Waals surface area contributed by atoms with Crippen LogP contribution in [0.2, 0.25) is 0 Å². The number of anilines is 1. The summed E-state index contributed by atoms with van der Waals surface area (Å²) in [5.74, 6) is 4.09. The van der Waals surface area contributed by atoms with Gasteiger partial charge in [0.1, 0.15) is 5.82 Å². The molecule has 0 saturated heterocycles. The highest BCUT2D eigenvalue weighted by Gasteiger charge is 2.17. The van der Waals surface area contributed by atoms with Crippen molar-refractivity contribution in [2.24, 2.45) is 0 Å². The first-order chi connectivity index (χ1) is 10.9. The molecule has 1 aliphatic rings. The minimum atomic E-state index is 0.814. The second-order valence-electron chi connectivity index (χ2n) is 5.24. The van der Waals surface area contributed by atoms with Crippen LogP contribution in [0, 0.1) is 0 Å². The second kappa shape index (κ2) is 7.61. The summed E-state index contributed by atoms with van der Waals surface area (Å²) in [6.45, 7) is 4.97. The number of benzene rings is 1. The van der Waals surface area contributed by atoms with Gasteiger partial charge in [0.25, 0.3) is 0 Å². The zero-order chi connectivity index (χ0) is 15.2. The maximum atomic E-state index is 4.79. The molecule has 2 N–H and O–H groups in total. The molecule has 2 heterocycles. The highest BCUT2D eigenvalue weighted by atomic mass is 32.2. The van der Waals surface area contributed by atoms with E-state index < -0.39 is 0 Å². The van der Waals surface area contributed by atoms with Crippen molar-refractivity contribution in [2.45, 2.75) is 19.9 Å². The fourth-order valence-electron chi connectivity index (χ4n) is 2.61. The Morgan fingerprint density at radius 2 is 2.09 bits per heavy atom. The molecular formula is C17H22N4S. The average molecular weight is 314 g/mol. The molecule has 4 nitrogen and oxygen atoms in total. The van der Waals surface area contributed by atoms with Crippen molar-refractivity contribution >= 4 is 17.6 Å². The number of nitrogens with zero attached hydrogens (tertiary/aromatic N) is 2. The van der Waals surface area contributed by atoms with E-state index in [-0.39, 0.29) is 0 Å². The summed E-state index contributed by atoms with van der Waals surface area (Å²) in [7, 11) is 0. The van der Waals surface area contributed by atoms with Crippen LogP contribution in [0.5, 0.6) is 0 Å². The lowest BCUT2D eigenvalue weighted by atomic mass is 10.1. The zero-order valence-corrected chi connectivity index (χ0v) is 13.7. The minimum absolute atomic E-state index is 0.814. The van der Waals surface area contributed by atoms with Crippen LogP contribution in [-0.2, 0) is 13.0 Å². The minimum Gasteiger partial charge on any atom is -0.369 e. The van der Waals surface area contributed by atoms with Gasteiger partial charge in [0, 0.05) is 30.0 Å². The molecule has 1 aliphatic heterocycles. The summed E-state index contributed by atoms with van der Waals surface area (Å²) in [6, 6.07) is 10.2. The third-order valence-corrected chi connectivity index (χ3v) is 4.61. The molecule has 5 heteroatoms. The molecule has 0 fully saturated rings. The van der Waals surface area contributed by atoms with Crippen LogP contribution in [-0.4, -0.2) is 34.6 Å². The average Bonchev–Trinajstić information content (AvgIpc) is 2.59. The van der Waals surface area contributed by atoms with Gasteiger partial charge < -0.3 is 10.6 Å². The van der Waals surface area contributed by atoms with Gasteiger partial charge >= 0.3 is 0 Å². The molecule has 0 atom stereocenters. The van der Waals surface area contributed by atoms with Gasteiger partial charge in [0.15, 0.2) is 5.82 Å². The van der Waals surface area contributed by atoms with Crippen molar-refractivity contribution in [1.82, 2.24) is 15.3 Å². The molecule has 2 aromatic rings. The molecule has 0 bridgehead atoms. The third kappa shape index (κ3) is 3.59. The van der Waals surface area contributed by atoms with Crippen LogP contribution >= 0.6 is 11.8 Å². The first kappa shape index (κ1) is 15.3. The number of hydrogen-bond donors (Lipinski definition) is 2. The largest absolute Gasteiger partial charge is 0.369 e. The van der Waals surface area contributed by atoms with Crippen molar-refractivity contribution in [3.05, 3.63) is 41.6 Å². The van der Waals surface area contributed by atoms with Crippen molar-refractivity contribution in [1.29, 1.82) is 0 Å². The highest BCUT2D eigenvalue weighted by Crippen LogP contribution is 2.24. The topological polar surface area (TPSA) is 49.8 Å². The van der Waals surface area contributed by atoms with E-state index in [0.717, 1.165) is 60.5 Å². The van der Waals surface area contributed by atoms with Crippen LogP contribution in [0.4, 0.5) is 5.82 Å². The Kier molecular flexibility index (Phi) is 5.29. The predicted molar refractivity (Wildman–Crippen MR) is 94.4 cm³/mol. The van der Waals surface area contributed by atoms with Gasteiger partial charge in [-0.1, -0.05) is 37.3 Å². The molecule has 0 unspecified atom stereocenters. The predicted octanol–water partition coefficient (Wildman–Crippen LogP) is 2.95. The van der Waals surface area contributed by atoms with Gasteiger partial charge in [0.05, 0.1) is 5.69 Å². The number of aromatic nitrogens is 2. The van der Waals surface area contributed by atoms with Crippen molar-refractivity contribution in [3.63, 3.8) is 0 Å². The first-order valence-corrected chi connectivity index (χ1v) is 9.01. The van der Waals surface area contributed by atoms with Crippen molar-refractivity contribution < 1.29 is 0 Å². The van der Waals surface area contributed by atoms with Crippen LogP contribution in [0.25, 0.3) is 11.4 Å². The number of nitrogens with one attached hydrogen (secondary N) is 2. The number of rotatable bonds is 6. The van der Waals surface area contributed by atoms with E-state index in [1.54, 1.807) is 0 Å². The number of fused-ring (bicyclic) bond motifs is 1. The Labute approximate surface area is 136 Å². The van der Waals surface area contributed by atoms with E-state index in [4.69, 9.17) is 9.97 Å². The van der Waals surface area contributed by atoms with Gasteiger partial charge in [-0.2, -0.15) is 11.8 Å². The van der Waals surface area contributed by atoms with E-state index in [1.807, 2.05) is 30.0 Å². The lowest BCUT2D eigenvalue weighted by Crippen LogP contribution is -2.27. The molecule has 0 radical (unpaired) electrons. The van der Waals surface area contributed by atoms with E-state index in [0.29, 0.717) is 0 Å². The van der Waals surface area contributed by atoms with Gasteiger partial charge in [-0.15, -0.1) is 0 Å². The number of thioether (sulfide) groups is 1. The van der Waals surface area contributed by atoms with Gasteiger partial charge in [0.2, 0.25) is 0 Å². The molecule has 0 aliphatic carbocycles. The Bertz CT molecular complexity index is 616. The standard InChI is InChI=1S/C17H22N4S/c1-2-22-11-10-19-17-14-8-9-18-12-15(14)20-16(21-17)13-6-4-3-5-7-13/h3-7,18H,2,8-12H2,1H3,(H,19,20,21). The Hall–Kier alpha value is -1.59. The van der Waals surface area contributed by atoms with Gasteiger partial charge in [-0.05, 0) is 18.7 Å². The van der Waals surface area contributed by atoms with Crippen molar-refractivity contribution in [2.75, 3.05) is 29.9 Å². The Balaban J connectivity index is 1.89. The summed E-state index contributed by atoms with van der Waals surface area (Å²) in [6.07, 6.45) is 0.994. The fourth-order valence-corrected chi connectivity index (χ4v) is 3.14. The number of hydrogen-bond acceptors (Lipinski definition) is 5. The summed E-state index contributed by atoms with van der Waals surface area (Å²) < 4.78 is 0. The van der Waals surface area contributed by atoms with E-state index in [1.165, 1.54) is 5.56 Å². The molecule has 0 amide bonds. The van der Waals surface area contributed by atoms with E-state index in [2.05, 4.69) is 29.7 Å². The molecule has 0 spiro atoms. The summed E-state index contributed by atoms with van der Waals surface area (Å²) in [4.78, 5) is 9.56. The molecule has 1 aromatic heterocycles. The highest BCUT2D eigenvalue weighted by molar-refractivity contribution is 7.99. The SMILES string of the molecule is CCSCCNc1nc(-c2ccccc2)nc2c1CCNC2. The maximum Gasteiger partial charge on any atom is 0.161 e. The molecular weight excluding hydrogens is 292 g/mol. The molecule has 22 heavy (non-hydrogen) atoms. The van der Waals surface area contributed by atoms with Crippen molar-refractivity contribution in [3.8, 4) is 11.4 Å². The van der Waals surface area contributed by atoms with E-state index >= 15 is 0 Å². The zero-order valence-electron chi connectivity index (χ0n) is 12.9. The smallest absolute Gasteiger partial charge is 0.161 e. The van der Waals surface area contributed by atoms with Crippen LogP contribution in [0.15, 0.2) is 30.3 Å². The Morgan fingerprint density at radius 3 is 2.91 bits per heavy atom. The van der Waals surface area contributed by atoms with E-state index in [9.17, 15) is 0 Å². The lowest BCUT2D eigenvalue weighted by Gasteiger charge is -2.20. The quantitative estimate of drug-likeness (QED) is 0.803. The molecule has 3 rings (SSSR count).